The van der Waals surface area contributed by atoms with Gasteiger partial charge in [-0.1, -0.05) is 55.3 Å². The summed E-state index contributed by atoms with van der Waals surface area (Å²) in [6.45, 7) is 9.91. The number of anilines is 1. The number of hydrogen-bond donors (Lipinski definition) is 1. The van der Waals surface area contributed by atoms with E-state index in [1.54, 1.807) is 0 Å². The van der Waals surface area contributed by atoms with Crippen LogP contribution < -0.4 is 5.32 Å². The van der Waals surface area contributed by atoms with Gasteiger partial charge in [0.05, 0.1) is 0 Å². The molecule has 0 saturated heterocycles. The number of hydrogen-bond acceptors (Lipinski definition) is 1. The summed E-state index contributed by atoms with van der Waals surface area (Å²) in [5.41, 5.74) is 5.80. The minimum atomic E-state index is -0.00557. The van der Waals surface area contributed by atoms with Crippen molar-refractivity contribution in [1.29, 1.82) is 0 Å². The van der Waals surface area contributed by atoms with Crippen molar-refractivity contribution in [1.82, 2.24) is 4.90 Å². The maximum atomic E-state index is 12.8. The number of nitrogens with zero attached hydrogens (tertiary/aromatic N) is 1. The van der Waals surface area contributed by atoms with Crippen LogP contribution in [0.1, 0.15) is 42.0 Å². The Morgan fingerprint density at radius 2 is 1.76 bits per heavy atom. The highest BCUT2D eigenvalue weighted by Crippen LogP contribution is 2.17. The van der Waals surface area contributed by atoms with Crippen molar-refractivity contribution in [3.8, 4) is 0 Å². The van der Waals surface area contributed by atoms with Crippen molar-refractivity contribution in [3.63, 3.8) is 0 Å². The number of rotatable bonds is 7. The summed E-state index contributed by atoms with van der Waals surface area (Å²) in [6.07, 6.45) is 2.99. The van der Waals surface area contributed by atoms with Gasteiger partial charge in [0.15, 0.2) is 0 Å². The molecule has 0 aliphatic carbocycles. The SMILES string of the molecule is CCCCN(CCc1ccccc1C)C(=O)Nc1ccc(C)cc1C. The summed E-state index contributed by atoms with van der Waals surface area (Å²) in [4.78, 5) is 14.7. The monoisotopic (exact) mass is 338 g/mol. The summed E-state index contributed by atoms with van der Waals surface area (Å²) < 4.78 is 0. The second-order valence-electron chi connectivity index (χ2n) is 6.77. The van der Waals surface area contributed by atoms with Gasteiger partial charge in [0, 0.05) is 18.8 Å². The van der Waals surface area contributed by atoms with E-state index < -0.39 is 0 Å². The van der Waals surface area contributed by atoms with Crippen LogP contribution in [0.2, 0.25) is 0 Å². The summed E-state index contributed by atoms with van der Waals surface area (Å²) in [5, 5.41) is 3.08. The Balaban J connectivity index is 2.04. The molecular formula is C22H30N2O. The Morgan fingerprint density at radius 1 is 1.00 bits per heavy atom. The Hall–Kier alpha value is -2.29. The molecule has 2 amide bonds. The van der Waals surface area contributed by atoms with Crippen LogP contribution >= 0.6 is 0 Å². The molecule has 0 bridgehead atoms. The van der Waals surface area contributed by atoms with Gasteiger partial charge >= 0.3 is 6.03 Å². The first kappa shape index (κ1) is 19.0. The lowest BCUT2D eigenvalue weighted by atomic mass is 10.1. The molecular weight excluding hydrogens is 308 g/mol. The fraction of sp³-hybridized carbons (Fsp3) is 0.409. The molecule has 1 N–H and O–H groups in total. The first-order valence-electron chi connectivity index (χ1n) is 9.19. The van der Waals surface area contributed by atoms with E-state index in [0.29, 0.717) is 0 Å². The third-order valence-corrected chi connectivity index (χ3v) is 4.60. The molecule has 0 radical (unpaired) electrons. The van der Waals surface area contributed by atoms with Crippen LogP contribution in [0.15, 0.2) is 42.5 Å². The third kappa shape index (κ3) is 5.63. The fourth-order valence-corrected chi connectivity index (χ4v) is 2.96. The lowest BCUT2D eigenvalue weighted by Crippen LogP contribution is -2.37. The molecule has 0 aliphatic rings. The van der Waals surface area contributed by atoms with Gasteiger partial charge in [-0.25, -0.2) is 4.79 Å². The lowest BCUT2D eigenvalue weighted by molar-refractivity contribution is 0.211. The van der Waals surface area contributed by atoms with E-state index in [-0.39, 0.29) is 6.03 Å². The molecule has 3 nitrogen and oxygen atoms in total. The number of aryl methyl sites for hydroxylation is 3. The molecule has 2 aromatic rings. The molecule has 134 valence electrons. The Kier molecular flexibility index (Phi) is 7.05. The molecule has 3 heteroatoms. The summed E-state index contributed by atoms with van der Waals surface area (Å²) in [5.74, 6) is 0. The van der Waals surface area contributed by atoms with Gasteiger partial charge < -0.3 is 10.2 Å². The van der Waals surface area contributed by atoms with Crippen LogP contribution in [-0.4, -0.2) is 24.0 Å². The van der Waals surface area contributed by atoms with Gasteiger partial charge in [0.25, 0.3) is 0 Å². The van der Waals surface area contributed by atoms with Gasteiger partial charge in [-0.3, -0.25) is 0 Å². The van der Waals surface area contributed by atoms with Crippen LogP contribution in [0.4, 0.5) is 10.5 Å². The molecule has 0 unspecified atom stereocenters. The van der Waals surface area contributed by atoms with E-state index in [9.17, 15) is 4.79 Å². The van der Waals surface area contributed by atoms with Crippen LogP contribution in [-0.2, 0) is 6.42 Å². The number of urea groups is 1. The van der Waals surface area contributed by atoms with E-state index in [2.05, 4.69) is 56.4 Å². The standard InChI is InChI=1S/C22H30N2O/c1-5-6-14-24(15-13-20-10-8-7-9-18(20)3)22(25)23-21-12-11-17(2)16-19(21)4/h7-12,16H,5-6,13-15H2,1-4H3,(H,23,25). The second kappa shape index (κ2) is 9.26. The van der Waals surface area contributed by atoms with Gasteiger partial charge in [0.2, 0.25) is 0 Å². The van der Waals surface area contributed by atoms with Crippen molar-refractivity contribution >= 4 is 11.7 Å². The van der Waals surface area contributed by atoms with Crippen LogP contribution in [0.25, 0.3) is 0 Å². The average Bonchev–Trinajstić information content (AvgIpc) is 2.58. The van der Waals surface area contributed by atoms with Crippen molar-refractivity contribution in [3.05, 3.63) is 64.7 Å². The molecule has 2 aromatic carbocycles. The highest BCUT2D eigenvalue weighted by atomic mass is 16.2. The molecule has 0 aromatic heterocycles. The Morgan fingerprint density at radius 3 is 2.44 bits per heavy atom. The Labute approximate surface area is 152 Å². The smallest absolute Gasteiger partial charge is 0.321 e. The number of nitrogens with one attached hydrogen (secondary N) is 1. The summed E-state index contributed by atoms with van der Waals surface area (Å²) >= 11 is 0. The van der Waals surface area contributed by atoms with E-state index >= 15 is 0 Å². The van der Waals surface area contributed by atoms with Crippen molar-refractivity contribution in [2.24, 2.45) is 0 Å². The molecule has 0 aliphatic heterocycles. The molecule has 2 rings (SSSR count). The number of unbranched alkanes of at least 4 members (excludes halogenated alkanes) is 1. The number of carbonyl (C=O) groups excluding carboxylic acids is 1. The molecule has 25 heavy (non-hydrogen) atoms. The van der Waals surface area contributed by atoms with Crippen LogP contribution in [0, 0.1) is 20.8 Å². The Bertz CT molecular complexity index is 709. The fourth-order valence-electron chi connectivity index (χ4n) is 2.96. The second-order valence-corrected chi connectivity index (χ2v) is 6.77. The van der Waals surface area contributed by atoms with Gasteiger partial charge in [-0.05, 0) is 56.4 Å². The molecule has 0 fully saturated rings. The zero-order valence-corrected chi connectivity index (χ0v) is 15.9. The molecule has 0 saturated carbocycles. The van der Waals surface area contributed by atoms with Gasteiger partial charge in [-0.15, -0.1) is 0 Å². The first-order valence-corrected chi connectivity index (χ1v) is 9.19. The van der Waals surface area contributed by atoms with E-state index in [1.807, 2.05) is 24.0 Å². The third-order valence-electron chi connectivity index (χ3n) is 4.60. The molecule has 0 atom stereocenters. The number of amides is 2. The summed E-state index contributed by atoms with van der Waals surface area (Å²) in [7, 11) is 0. The van der Waals surface area contributed by atoms with Gasteiger partial charge in [-0.2, -0.15) is 0 Å². The largest absolute Gasteiger partial charge is 0.324 e. The predicted octanol–water partition coefficient (Wildman–Crippen LogP) is 5.49. The first-order chi connectivity index (χ1) is 12.0. The highest BCUT2D eigenvalue weighted by Gasteiger charge is 2.14. The van der Waals surface area contributed by atoms with Crippen molar-refractivity contribution in [2.45, 2.75) is 47.0 Å². The van der Waals surface area contributed by atoms with Gasteiger partial charge in [0.1, 0.15) is 0 Å². The minimum Gasteiger partial charge on any atom is -0.324 e. The number of carbonyl (C=O) groups is 1. The quantitative estimate of drug-likeness (QED) is 0.711. The zero-order valence-electron chi connectivity index (χ0n) is 15.9. The van der Waals surface area contributed by atoms with Crippen LogP contribution in [0.3, 0.4) is 0 Å². The summed E-state index contributed by atoms with van der Waals surface area (Å²) in [6, 6.07) is 14.5. The number of benzene rings is 2. The van der Waals surface area contributed by atoms with E-state index in [0.717, 1.165) is 43.6 Å². The van der Waals surface area contributed by atoms with Crippen molar-refractivity contribution < 1.29 is 4.79 Å². The normalized spacial score (nSPS) is 10.6. The highest BCUT2D eigenvalue weighted by molar-refractivity contribution is 5.90. The zero-order chi connectivity index (χ0) is 18.2. The van der Waals surface area contributed by atoms with E-state index in [4.69, 9.17) is 0 Å². The molecule has 0 heterocycles. The predicted molar refractivity (Wildman–Crippen MR) is 106 cm³/mol. The average molecular weight is 338 g/mol. The topological polar surface area (TPSA) is 32.3 Å². The molecule has 0 spiro atoms. The maximum Gasteiger partial charge on any atom is 0.321 e. The van der Waals surface area contributed by atoms with E-state index in [1.165, 1.54) is 16.7 Å². The minimum absolute atomic E-state index is 0.00557. The maximum absolute atomic E-state index is 12.8. The lowest BCUT2D eigenvalue weighted by Gasteiger charge is -2.24. The van der Waals surface area contributed by atoms with Crippen LogP contribution in [0.5, 0.6) is 0 Å². The van der Waals surface area contributed by atoms with Crippen molar-refractivity contribution in [2.75, 3.05) is 18.4 Å².